The van der Waals surface area contributed by atoms with Crippen molar-refractivity contribution in [2.24, 2.45) is 0 Å². The predicted octanol–water partition coefficient (Wildman–Crippen LogP) is 5.26. The lowest BCUT2D eigenvalue weighted by molar-refractivity contribution is -0.115. The van der Waals surface area contributed by atoms with E-state index in [1.165, 1.54) is 18.7 Å². The van der Waals surface area contributed by atoms with E-state index in [2.05, 4.69) is 23.3 Å². The van der Waals surface area contributed by atoms with Crippen LogP contribution in [0.2, 0.25) is 0 Å². The zero-order chi connectivity index (χ0) is 19.4. The molecule has 0 aliphatic carbocycles. The fraction of sp³-hybridized carbons (Fsp3) is 0.227. The van der Waals surface area contributed by atoms with Crippen molar-refractivity contribution in [3.63, 3.8) is 0 Å². The topological polar surface area (TPSA) is 59.1 Å². The van der Waals surface area contributed by atoms with E-state index in [0.717, 1.165) is 21.5 Å². The van der Waals surface area contributed by atoms with Crippen molar-refractivity contribution >= 4 is 40.0 Å². The first-order valence-electron chi connectivity index (χ1n) is 8.93. The van der Waals surface area contributed by atoms with E-state index in [1.54, 1.807) is 24.3 Å². The Labute approximate surface area is 163 Å². The van der Waals surface area contributed by atoms with Gasteiger partial charge in [-0.05, 0) is 50.1 Å². The van der Waals surface area contributed by atoms with Crippen LogP contribution in [0.3, 0.4) is 0 Å². The molecule has 138 valence electrons. The van der Waals surface area contributed by atoms with Crippen molar-refractivity contribution in [1.82, 2.24) is 4.98 Å². The molecule has 4 nitrogen and oxygen atoms in total. The number of pyridine rings is 1. The Morgan fingerprint density at radius 2 is 1.89 bits per heavy atom. The normalized spacial score (nSPS) is 12.0. The van der Waals surface area contributed by atoms with Gasteiger partial charge in [-0.15, -0.1) is 0 Å². The second kappa shape index (κ2) is 8.35. The minimum absolute atomic E-state index is 0.0247. The van der Waals surface area contributed by atoms with Crippen LogP contribution in [0, 0.1) is 6.92 Å². The van der Waals surface area contributed by atoms with Crippen LogP contribution in [-0.4, -0.2) is 21.9 Å². The highest BCUT2D eigenvalue weighted by Crippen LogP contribution is 2.29. The third kappa shape index (κ3) is 4.55. The van der Waals surface area contributed by atoms with Crippen LogP contribution in [0.25, 0.3) is 10.9 Å². The number of carbonyl (C=O) groups excluding carboxylic acids is 2. The minimum Gasteiger partial charge on any atom is -0.325 e. The first-order chi connectivity index (χ1) is 13.0. The molecule has 1 N–H and O–H groups in total. The number of hydrogen-bond acceptors (Lipinski definition) is 4. The first-order valence-corrected chi connectivity index (χ1v) is 9.81. The summed E-state index contributed by atoms with van der Waals surface area (Å²) in [7, 11) is 0. The number of ketones is 1. The van der Waals surface area contributed by atoms with Gasteiger partial charge >= 0.3 is 0 Å². The number of thioether (sulfide) groups is 1. The van der Waals surface area contributed by atoms with Gasteiger partial charge in [0.2, 0.25) is 5.91 Å². The highest BCUT2D eigenvalue weighted by molar-refractivity contribution is 8.00. The van der Waals surface area contributed by atoms with E-state index in [1.807, 2.05) is 31.2 Å². The zero-order valence-corrected chi connectivity index (χ0v) is 16.5. The summed E-state index contributed by atoms with van der Waals surface area (Å²) in [6, 6.07) is 17.0. The summed E-state index contributed by atoms with van der Waals surface area (Å²) in [5.41, 5.74) is 3.30. The third-order valence-corrected chi connectivity index (χ3v) is 5.64. The van der Waals surface area contributed by atoms with Gasteiger partial charge in [0.1, 0.15) is 0 Å². The molecule has 1 unspecified atom stereocenters. The molecule has 0 spiro atoms. The van der Waals surface area contributed by atoms with Crippen LogP contribution in [-0.2, 0) is 4.79 Å². The molecule has 0 radical (unpaired) electrons. The highest BCUT2D eigenvalue weighted by Gasteiger charge is 2.19. The van der Waals surface area contributed by atoms with E-state index >= 15 is 0 Å². The minimum atomic E-state index is -0.265. The van der Waals surface area contributed by atoms with Gasteiger partial charge in [0.25, 0.3) is 0 Å². The number of Topliss-reactive ketones (excluding diaryl/α,β-unsaturated/α-hetero) is 1. The maximum Gasteiger partial charge on any atom is 0.237 e. The molecular formula is C22H22N2O2S. The number of amides is 1. The fourth-order valence-electron chi connectivity index (χ4n) is 2.89. The van der Waals surface area contributed by atoms with E-state index in [0.29, 0.717) is 17.7 Å². The molecule has 27 heavy (non-hydrogen) atoms. The summed E-state index contributed by atoms with van der Waals surface area (Å²) in [6.07, 6.45) is 0.677. The third-order valence-electron chi connectivity index (χ3n) is 4.36. The fourth-order valence-corrected chi connectivity index (χ4v) is 3.91. The van der Waals surface area contributed by atoms with Gasteiger partial charge in [0, 0.05) is 16.6 Å². The standard InChI is InChI=1S/C22H22N2O2S/c1-4-20(22(26)23-17-9-7-8-16(13-17)15(3)25)27-21-12-14(2)18-10-5-6-11-19(18)24-21/h5-13,20H,4H2,1-3H3,(H,23,26). The first kappa shape index (κ1) is 19.1. The van der Waals surface area contributed by atoms with E-state index in [-0.39, 0.29) is 16.9 Å². The molecular weight excluding hydrogens is 356 g/mol. The molecule has 3 aromatic rings. The summed E-state index contributed by atoms with van der Waals surface area (Å²) in [5.74, 6) is -0.112. The molecule has 1 aromatic heterocycles. The molecule has 3 rings (SSSR count). The Kier molecular flexibility index (Phi) is 5.91. The Morgan fingerprint density at radius 1 is 1.11 bits per heavy atom. The van der Waals surface area contributed by atoms with Crippen molar-refractivity contribution in [1.29, 1.82) is 0 Å². The van der Waals surface area contributed by atoms with Crippen molar-refractivity contribution in [3.8, 4) is 0 Å². The van der Waals surface area contributed by atoms with Crippen LogP contribution in [0.15, 0.2) is 59.6 Å². The molecule has 0 fully saturated rings. The molecule has 1 amide bonds. The number of carbonyl (C=O) groups is 2. The molecule has 2 aromatic carbocycles. The molecule has 0 aliphatic heterocycles. The van der Waals surface area contributed by atoms with Gasteiger partial charge in [-0.1, -0.05) is 49.0 Å². The number of nitrogens with zero attached hydrogens (tertiary/aromatic N) is 1. The largest absolute Gasteiger partial charge is 0.325 e. The van der Waals surface area contributed by atoms with Crippen LogP contribution < -0.4 is 5.32 Å². The van der Waals surface area contributed by atoms with Gasteiger partial charge in [0.15, 0.2) is 5.78 Å². The Balaban J connectivity index is 1.78. The highest BCUT2D eigenvalue weighted by atomic mass is 32.2. The van der Waals surface area contributed by atoms with E-state index in [4.69, 9.17) is 0 Å². The summed E-state index contributed by atoms with van der Waals surface area (Å²) in [6.45, 7) is 5.55. The zero-order valence-electron chi connectivity index (χ0n) is 15.7. The van der Waals surface area contributed by atoms with Gasteiger partial charge in [-0.2, -0.15) is 0 Å². The lowest BCUT2D eigenvalue weighted by Gasteiger charge is -2.15. The smallest absolute Gasteiger partial charge is 0.237 e. The lowest BCUT2D eigenvalue weighted by atomic mass is 10.1. The predicted molar refractivity (Wildman–Crippen MR) is 111 cm³/mol. The quantitative estimate of drug-likeness (QED) is 0.470. The molecule has 1 atom stereocenters. The second-order valence-electron chi connectivity index (χ2n) is 6.44. The van der Waals surface area contributed by atoms with Crippen molar-refractivity contribution in [2.75, 3.05) is 5.32 Å². The Hall–Kier alpha value is -2.66. The number of fused-ring (bicyclic) bond motifs is 1. The van der Waals surface area contributed by atoms with Gasteiger partial charge in [-0.25, -0.2) is 4.98 Å². The van der Waals surface area contributed by atoms with Gasteiger partial charge < -0.3 is 5.32 Å². The number of hydrogen-bond donors (Lipinski definition) is 1. The SMILES string of the molecule is CCC(Sc1cc(C)c2ccccc2n1)C(=O)Nc1cccc(C(C)=O)c1. The lowest BCUT2D eigenvalue weighted by Crippen LogP contribution is -2.24. The number of para-hydroxylation sites is 1. The number of benzene rings is 2. The molecule has 0 bridgehead atoms. The maximum atomic E-state index is 12.7. The molecule has 0 aliphatic rings. The Morgan fingerprint density at radius 3 is 2.63 bits per heavy atom. The van der Waals surface area contributed by atoms with Crippen molar-refractivity contribution in [3.05, 3.63) is 65.7 Å². The molecule has 0 saturated carbocycles. The number of anilines is 1. The monoisotopic (exact) mass is 378 g/mol. The van der Waals surface area contributed by atoms with Gasteiger partial charge in [-0.3, -0.25) is 9.59 Å². The maximum absolute atomic E-state index is 12.7. The van der Waals surface area contributed by atoms with Crippen molar-refractivity contribution < 1.29 is 9.59 Å². The molecule has 1 heterocycles. The number of aromatic nitrogens is 1. The van der Waals surface area contributed by atoms with E-state index < -0.39 is 0 Å². The summed E-state index contributed by atoms with van der Waals surface area (Å²) >= 11 is 1.47. The summed E-state index contributed by atoms with van der Waals surface area (Å²) in [4.78, 5) is 29.0. The van der Waals surface area contributed by atoms with Crippen molar-refractivity contribution in [2.45, 2.75) is 37.5 Å². The number of aryl methyl sites for hydroxylation is 1. The number of rotatable bonds is 6. The summed E-state index contributed by atoms with van der Waals surface area (Å²) < 4.78 is 0. The van der Waals surface area contributed by atoms with Crippen LogP contribution >= 0.6 is 11.8 Å². The Bertz CT molecular complexity index is 1000. The van der Waals surface area contributed by atoms with Crippen LogP contribution in [0.4, 0.5) is 5.69 Å². The molecule has 5 heteroatoms. The summed E-state index contributed by atoms with van der Waals surface area (Å²) in [5, 5.41) is 4.62. The molecule has 0 saturated heterocycles. The van der Waals surface area contributed by atoms with Crippen LogP contribution in [0.5, 0.6) is 0 Å². The number of nitrogens with one attached hydrogen (secondary N) is 1. The van der Waals surface area contributed by atoms with Gasteiger partial charge in [0.05, 0.1) is 15.8 Å². The van der Waals surface area contributed by atoms with Crippen LogP contribution in [0.1, 0.15) is 36.2 Å². The van der Waals surface area contributed by atoms with E-state index in [9.17, 15) is 9.59 Å². The average molecular weight is 378 g/mol. The average Bonchev–Trinajstić information content (AvgIpc) is 2.66. The second-order valence-corrected chi connectivity index (χ2v) is 7.66.